The molecule has 0 radical (unpaired) electrons. The van der Waals surface area contributed by atoms with E-state index < -0.39 is 5.60 Å². The maximum atomic E-state index is 12.8. The third kappa shape index (κ3) is 4.81. The number of rotatable bonds is 4. The van der Waals surface area contributed by atoms with Gasteiger partial charge in [-0.15, -0.1) is 0 Å². The molecule has 1 aliphatic carbocycles. The van der Waals surface area contributed by atoms with E-state index in [4.69, 9.17) is 9.72 Å². The van der Waals surface area contributed by atoms with Crippen molar-refractivity contribution in [2.45, 2.75) is 96.9 Å². The summed E-state index contributed by atoms with van der Waals surface area (Å²) in [7, 11) is 0. The van der Waals surface area contributed by atoms with Gasteiger partial charge < -0.3 is 4.74 Å². The summed E-state index contributed by atoms with van der Waals surface area (Å²) < 4.78 is 5.64. The van der Waals surface area contributed by atoms with Crippen LogP contribution in [0.3, 0.4) is 0 Å². The van der Waals surface area contributed by atoms with E-state index in [1.807, 2.05) is 33.0 Å². The number of hydrogen-bond acceptors (Lipinski definition) is 4. The zero-order chi connectivity index (χ0) is 19.6. The molecule has 1 saturated carbocycles. The predicted molar refractivity (Wildman–Crippen MR) is 109 cm³/mol. The van der Waals surface area contributed by atoms with Gasteiger partial charge in [0.15, 0.2) is 0 Å². The lowest BCUT2D eigenvalue weighted by molar-refractivity contribution is 0.0548. The van der Waals surface area contributed by atoms with Gasteiger partial charge >= 0.3 is 6.09 Å². The lowest BCUT2D eigenvalue weighted by Gasteiger charge is -2.39. The van der Waals surface area contributed by atoms with E-state index in [0.717, 1.165) is 25.8 Å². The number of ether oxygens (including phenoxy) is 1. The molecule has 2 aliphatic rings. The van der Waals surface area contributed by atoms with Gasteiger partial charge in [-0.05, 0) is 84.9 Å². The molecule has 1 aromatic rings. The second-order valence-corrected chi connectivity index (χ2v) is 9.23. The minimum Gasteiger partial charge on any atom is -0.443 e. The van der Waals surface area contributed by atoms with Crippen molar-refractivity contribution in [3.05, 3.63) is 23.9 Å². The molecule has 1 aromatic heterocycles. The number of amides is 1. The fourth-order valence-electron chi connectivity index (χ4n) is 4.05. The summed E-state index contributed by atoms with van der Waals surface area (Å²) >= 11 is 0. The van der Waals surface area contributed by atoms with Gasteiger partial charge in [-0.2, -0.15) is 0 Å². The third-order valence-electron chi connectivity index (χ3n) is 5.64. The summed E-state index contributed by atoms with van der Waals surface area (Å²) in [6.07, 6.45) is 8.60. The molecule has 150 valence electrons. The molecule has 1 aliphatic heterocycles. The van der Waals surface area contributed by atoms with Crippen LogP contribution in [-0.2, 0) is 4.74 Å². The number of nitrogens with zero attached hydrogens (tertiary/aromatic N) is 3. The maximum Gasteiger partial charge on any atom is 0.416 e. The first-order valence-electron chi connectivity index (χ1n) is 10.5. The van der Waals surface area contributed by atoms with E-state index in [1.54, 1.807) is 4.90 Å². The van der Waals surface area contributed by atoms with E-state index in [0.29, 0.717) is 17.9 Å². The number of piperidine rings is 1. The van der Waals surface area contributed by atoms with Crippen LogP contribution in [0.2, 0.25) is 0 Å². The Morgan fingerprint density at radius 2 is 1.93 bits per heavy atom. The van der Waals surface area contributed by atoms with Gasteiger partial charge in [0.05, 0.1) is 0 Å². The molecular weight excluding hydrogens is 338 g/mol. The third-order valence-corrected chi connectivity index (χ3v) is 5.64. The Bertz CT molecular complexity index is 632. The average molecular weight is 374 g/mol. The molecule has 0 bridgehead atoms. The first-order chi connectivity index (χ1) is 12.8. The predicted octanol–water partition coefficient (Wildman–Crippen LogP) is 5.31. The van der Waals surface area contributed by atoms with Gasteiger partial charge in [-0.25, -0.2) is 9.78 Å². The highest BCUT2D eigenvalue weighted by Crippen LogP contribution is 2.34. The van der Waals surface area contributed by atoms with Crippen LogP contribution in [0.15, 0.2) is 18.3 Å². The van der Waals surface area contributed by atoms with Gasteiger partial charge in [-0.3, -0.25) is 9.80 Å². The molecule has 1 amide bonds. The number of carbonyl (C=O) groups is 1. The fraction of sp³-hybridized carbons (Fsp3) is 0.727. The van der Waals surface area contributed by atoms with Crippen molar-refractivity contribution in [1.29, 1.82) is 0 Å². The molecule has 1 saturated heterocycles. The van der Waals surface area contributed by atoms with Crippen molar-refractivity contribution in [3.8, 4) is 0 Å². The largest absolute Gasteiger partial charge is 0.443 e. The van der Waals surface area contributed by atoms with Crippen LogP contribution in [0, 0.1) is 0 Å². The van der Waals surface area contributed by atoms with Crippen LogP contribution in [0.1, 0.15) is 84.7 Å². The van der Waals surface area contributed by atoms with Crippen LogP contribution < -0.4 is 4.90 Å². The van der Waals surface area contributed by atoms with Crippen LogP contribution in [0.25, 0.3) is 0 Å². The summed E-state index contributed by atoms with van der Waals surface area (Å²) in [5.74, 6) is 0.713. The Morgan fingerprint density at radius 1 is 1.19 bits per heavy atom. The molecule has 5 heteroatoms. The Hall–Kier alpha value is -1.62. The zero-order valence-corrected chi connectivity index (χ0v) is 17.6. The summed E-state index contributed by atoms with van der Waals surface area (Å²) in [5.41, 5.74) is 0.753. The molecule has 0 unspecified atom stereocenters. The number of likely N-dealkylation sites (tertiary alicyclic amines) is 1. The SMILES string of the molecule is CC(C)N1CCCC[C@H]1c1ccc(N(C(=O)OC(C)(C)C)C2CCC2)nc1. The zero-order valence-electron chi connectivity index (χ0n) is 17.6. The quantitative estimate of drug-likeness (QED) is 0.717. The highest BCUT2D eigenvalue weighted by molar-refractivity contribution is 5.87. The van der Waals surface area contributed by atoms with Gasteiger partial charge in [0.1, 0.15) is 11.4 Å². The number of carbonyl (C=O) groups excluding carboxylic acids is 1. The lowest BCUT2D eigenvalue weighted by atomic mass is 9.91. The minimum atomic E-state index is -0.501. The molecule has 2 heterocycles. The van der Waals surface area contributed by atoms with Crippen molar-refractivity contribution < 1.29 is 9.53 Å². The first-order valence-corrected chi connectivity index (χ1v) is 10.5. The lowest BCUT2D eigenvalue weighted by Crippen LogP contribution is -2.47. The van der Waals surface area contributed by atoms with Crippen LogP contribution in [0.4, 0.5) is 10.6 Å². The second kappa shape index (κ2) is 8.17. The maximum absolute atomic E-state index is 12.8. The van der Waals surface area contributed by atoms with E-state index in [2.05, 4.69) is 24.8 Å². The van der Waals surface area contributed by atoms with E-state index in [-0.39, 0.29) is 12.1 Å². The minimum absolute atomic E-state index is 0.208. The van der Waals surface area contributed by atoms with E-state index >= 15 is 0 Å². The summed E-state index contributed by atoms with van der Waals surface area (Å²) in [4.78, 5) is 21.8. The van der Waals surface area contributed by atoms with Gasteiger partial charge in [0, 0.05) is 24.3 Å². The standard InChI is InChI=1S/C22H35N3O2/c1-16(2)24-14-7-6-11-19(24)17-12-13-20(23-15-17)25(18-9-8-10-18)21(26)27-22(3,4)5/h12-13,15-16,18-19H,6-11,14H2,1-5H3/t19-/m0/s1. The van der Waals surface area contributed by atoms with E-state index in [1.165, 1.54) is 24.8 Å². The Morgan fingerprint density at radius 3 is 2.44 bits per heavy atom. The molecule has 5 nitrogen and oxygen atoms in total. The van der Waals surface area contributed by atoms with Crippen LogP contribution >= 0.6 is 0 Å². The monoisotopic (exact) mass is 373 g/mol. The van der Waals surface area contributed by atoms with Crippen molar-refractivity contribution in [1.82, 2.24) is 9.88 Å². The Balaban J connectivity index is 1.79. The van der Waals surface area contributed by atoms with E-state index in [9.17, 15) is 4.79 Å². The van der Waals surface area contributed by atoms with Gasteiger partial charge in [0.2, 0.25) is 0 Å². The topological polar surface area (TPSA) is 45.7 Å². The summed E-state index contributed by atoms with van der Waals surface area (Å²) in [5, 5.41) is 0. The first kappa shape index (κ1) is 20.1. The molecule has 0 spiro atoms. The molecule has 3 rings (SSSR count). The molecule has 2 fully saturated rings. The molecule has 1 atom stereocenters. The van der Waals surface area contributed by atoms with Crippen molar-refractivity contribution >= 4 is 11.9 Å². The summed E-state index contributed by atoms with van der Waals surface area (Å²) in [6, 6.07) is 5.33. The molecule has 0 aromatic carbocycles. The molecule has 0 N–H and O–H groups in total. The highest BCUT2D eigenvalue weighted by atomic mass is 16.6. The molecular formula is C22H35N3O2. The van der Waals surface area contributed by atoms with Crippen LogP contribution in [0.5, 0.6) is 0 Å². The number of pyridine rings is 1. The summed E-state index contributed by atoms with van der Waals surface area (Å²) in [6.45, 7) is 11.4. The second-order valence-electron chi connectivity index (χ2n) is 9.23. The average Bonchev–Trinajstić information content (AvgIpc) is 2.56. The number of aromatic nitrogens is 1. The Labute approximate surface area is 164 Å². The van der Waals surface area contributed by atoms with Crippen LogP contribution in [-0.4, -0.2) is 40.2 Å². The van der Waals surface area contributed by atoms with Crippen molar-refractivity contribution in [3.63, 3.8) is 0 Å². The normalized spacial score (nSPS) is 21.8. The van der Waals surface area contributed by atoms with Gasteiger partial charge in [0.25, 0.3) is 0 Å². The highest BCUT2D eigenvalue weighted by Gasteiger charge is 2.34. The Kier molecular flexibility index (Phi) is 6.09. The smallest absolute Gasteiger partial charge is 0.416 e. The molecule has 27 heavy (non-hydrogen) atoms. The fourth-order valence-corrected chi connectivity index (χ4v) is 4.05. The van der Waals surface area contributed by atoms with Crippen molar-refractivity contribution in [2.24, 2.45) is 0 Å². The number of hydrogen-bond donors (Lipinski definition) is 0. The number of anilines is 1. The van der Waals surface area contributed by atoms with Crippen molar-refractivity contribution in [2.75, 3.05) is 11.4 Å². The van der Waals surface area contributed by atoms with Gasteiger partial charge in [-0.1, -0.05) is 12.5 Å².